The van der Waals surface area contributed by atoms with Crippen molar-refractivity contribution in [2.75, 3.05) is 37.8 Å². The Hall–Kier alpha value is -3.62. The zero-order valence-electron chi connectivity index (χ0n) is 17.6. The van der Waals surface area contributed by atoms with Gasteiger partial charge >= 0.3 is 6.03 Å². The van der Waals surface area contributed by atoms with E-state index in [0.29, 0.717) is 38.4 Å². The van der Waals surface area contributed by atoms with E-state index in [2.05, 4.69) is 9.97 Å². The SMILES string of the molecule is O=C(CO)c1ccc(CN(C(=O)N2CCOCC2)c2cccc(-c3cncnc3)c2)cc1. The van der Waals surface area contributed by atoms with Gasteiger partial charge in [0.2, 0.25) is 0 Å². The van der Waals surface area contributed by atoms with Crippen LogP contribution in [0, 0.1) is 0 Å². The van der Waals surface area contributed by atoms with E-state index in [-0.39, 0.29) is 11.8 Å². The first kappa shape index (κ1) is 21.6. The van der Waals surface area contributed by atoms with E-state index >= 15 is 0 Å². The number of urea groups is 1. The number of aromatic nitrogens is 2. The van der Waals surface area contributed by atoms with E-state index in [1.807, 2.05) is 24.3 Å². The molecule has 1 N–H and O–H groups in total. The molecule has 0 saturated carbocycles. The molecule has 8 heteroatoms. The number of ether oxygens (including phenoxy) is 1. The zero-order chi connectivity index (χ0) is 22.3. The summed E-state index contributed by atoms with van der Waals surface area (Å²) in [5.74, 6) is -0.337. The lowest BCUT2D eigenvalue weighted by atomic mass is 10.1. The number of morpholine rings is 1. The minimum Gasteiger partial charge on any atom is -0.388 e. The van der Waals surface area contributed by atoms with E-state index in [0.717, 1.165) is 22.4 Å². The molecule has 4 rings (SSSR count). The van der Waals surface area contributed by atoms with Crippen LogP contribution in [0.4, 0.5) is 10.5 Å². The molecular formula is C24H24N4O4. The van der Waals surface area contributed by atoms with Crippen LogP contribution in [0.2, 0.25) is 0 Å². The van der Waals surface area contributed by atoms with Crippen LogP contribution in [0.3, 0.4) is 0 Å². The molecule has 2 aromatic carbocycles. The second kappa shape index (κ2) is 10.1. The third-order valence-electron chi connectivity index (χ3n) is 5.32. The van der Waals surface area contributed by atoms with Gasteiger partial charge in [0.25, 0.3) is 0 Å². The fourth-order valence-corrected chi connectivity index (χ4v) is 3.57. The lowest BCUT2D eigenvalue weighted by Gasteiger charge is -2.33. The van der Waals surface area contributed by atoms with Crippen molar-refractivity contribution in [3.05, 3.63) is 78.4 Å². The summed E-state index contributed by atoms with van der Waals surface area (Å²) < 4.78 is 5.40. The molecular weight excluding hydrogens is 408 g/mol. The Kier molecular flexibility index (Phi) is 6.84. The van der Waals surface area contributed by atoms with Gasteiger partial charge in [-0.2, -0.15) is 0 Å². The number of anilines is 1. The second-order valence-corrected chi connectivity index (χ2v) is 7.42. The third-order valence-corrected chi connectivity index (χ3v) is 5.32. The Morgan fingerprint density at radius 1 is 1.00 bits per heavy atom. The number of ketones is 1. The number of aliphatic hydroxyl groups excluding tert-OH is 1. The molecule has 164 valence electrons. The number of Topliss-reactive ketones (excluding diaryl/α,β-unsaturated/α-hetero) is 1. The van der Waals surface area contributed by atoms with Gasteiger partial charge in [-0.05, 0) is 23.3 Å². The van der Waals surface area contributed by atoms with E-state index < -0.39 is 6.61 Å². The fraction of sp³-hybridized carbons (Fsp3) is 0.250. The molecule has 0 spiro atoms. The van der Waals surface area contributed by atoms with Gasteiger partial charge in [0.15, 0.2) is 5.78 Å². The maximum atomic E-state index is 13.5. The molecule has 0 aliphatic carbocycles. The predicted octanol–water partition coefficient (Wildman–Crippen LogP) is 2.78. The molecule has 0 bridgehead atoms. The molecule has 1 aliphatic rings. The smallest absolute Gasteiger partial charge is 0.324 e. The Morgan fingerprint density at radius 2 is 1.72 bits per heavy atom. The highest BCUT2D eigenvalue weighted by Gasteiger charge is 2.25. The van der Waals surface area contributed by atoms with Crippen LogP contribution in [0.1, 0.15) is 15.9 Å². The summed E-state index contributed by atoms with van der Waals surface area (Å²) in [6.45, 7) is 1.89. The van der Waals surface area contributed by atoms with Crippen LogP contribution >= 0.6 is 0 Å². The number of rotatable bonds is 6. The Bertz CT molecular complexity index is 1070. The molecule has 32 heavy (non-hydrogen) atoms. The van der Waals surface area contributed by atoms with Crippen LogP contribution in [-0.4, -0.2) is 64.7 Å². The first-order chi connectivity index (χ1) is 15.7. The van der Waals surface area contributed by atoms with E-state index in [1.54, 1.807) is 46.5 Å². The Labute approximate surface area is 186 Å². The van der Waals surface area contributed by atoms with Crippen molar-refractivity contribution in [1.29, 1.82) is 0 Å². The van der Waals surface area contributed by atoms with Crippen LogP contribution in [0.5, 0.6) is 0 Å². The minimum atomic E-state index is -0.531. The normalized spacial score (nSPS) is 13.6. The summed E-state index contributed by atoms with van der Waals surface area (Å²) in [6, 6.07) is 14.5. The van der Waals surface area contributed by atoms with Crippen LogP contribution in [0.15, 0.2) is 67.3 Å². The van der Waals surface area contributed by atoms with Crippen LogP contribution < -0.4 is 4.90 Å². The zero-order valence-corrected chi connectivity index (χ0v) is 17.6. The van der Waals surface area contributed by atoms with Crippen molar-refractivity contribution >= 4 is 17.5 Å². The van der Waals surface area contributed by atoms with E-state index in [4.69, 9.17) is 9.84 Å². The van der Waals surface area contributed by atoms with Gasteiger partial charge in [-0.1, -0.05) is 36.4 Å². The van der Waals surface area contributed by atoms with Gasteiger partial charge in [-0.25, -0.2) is 14.8 Å². The maximum Gasteiger partial charge on any atom is 0.324 e. The summed E-state index contributed by atoms with van der Waals surface area (Å²) in [7, 11) is 0. The standard InChI is InChI=1S/C24H24N4O4/c29-16-23(30)19-6-4-18(5-7-19)15-28(24(31)27-8-10-32-11-9-27)22-3-1-2-20(12-22)21-13-25-17-26-14-21/h1-7,12-14,17,29H,8-11,15-16H2. The van der Waals surface area contributed by atoms with Crippen molar-refractivity contribution in [3.63, 3.8) is 0 Å². The highest BCUT2D eigenvalue weighted by molar-refractivity contribution is 5.97. The molecule has 1 saturated heterocycles. The number of hydrogen-bond acceptors (Lipinski definition) is 6. The number of amides is 2. The Balaban J connectivity index is 1.65. The van der Waals surface area contributed by atoms with Gasteiger partial charge in [0, 0.05) is 42.3 Å². The molecule has 0 radical (unpaired) electrons. The minimum absolute atomic E-state index is 0.106. The van der Waals surface area contributed by atoms with Gasteiger partial charge in [-0.3, -0.25) is 9.69 Å². The lowest BCUT2D eigenvalue weighted by molar-refractivity contribution is 0.0548. The number of nitrogens with zero attached hydrogens (tertiary/aromatic N) is 4. The summed E-state index contributed by atoms with van der Waals surface area (Å²) in [5, 5.41) is 9.06. The third kappa shape index (κ3) is 4.99. The molecule has 1 fully saturated rings. The van der Waals surface area contributed by atoms with Crippen molar-refractivity contribution in [3.8, 4) is 11.1 Å². The van der Waals surface area contributed by atoms with Gasteiger partial charge in [0.05, 0.1) is 19.8 Å². The Morgan fingerprint density at radius 3 is 2.41 bits per heavy atom. The molecule has 3 aromatic rings. The van der Waals surface area contributed by atoms with Gasteiger partial charge < -0.3 is 14.7 Å². The van der Waals surface area contributed by atoms with Gasteiger partial charge in [0.1, 0.15) is 12.9 Å². The monoisotopic (exact) mass is 432 g/mol. The molecule has 8 nitrogen and oxygen atoms in total. The number of aliphatic hydroxyl groups is 1. The van der Waals surface area contributed by atoms with Crippen molar-refractivity contribution in [2.45, 2.75) is 6.54 Å². The quantitative estimate of drug-likeness (QED) is 0.602. The first-order valence-electron chi connectivity index (χ1n) is 10.4. The molecule has 0 unspecified atom stereocenters. The highest BCUT2D eigenvalue weighted by atomic mass is 16.5. The molecule has 2 heterocycles. The number of carbonyl (C=O) groups excluding carboxylic acids is 2. The fourth-order valence-electron chi connectivity index (χ4n) is 3.57. The molecule has 0 atom stereocenters. The van der Waals surface area contributed by atoms with Crippen molar-refractivity contribution in [1.82, 2.24) is 14.9 Å². The topological polar surface area (TPSA) is 95.9 Å². The summed E-state index contributed by atoms with van der Waals surface area (Å²) in [5.41, 5.74) is 3.83. The maximum absolute atomic E-state index is 13.5. The summed E-state index contributed by atoms with van der Waals surface area (Å²) in [6.07, 6.45) is 4.95. The van der Waals surface area contributed by atoms with Crippen LogP contribution in [-0.2, 0) is 11.3 Å². The predicted molar refractivity (Wildman–Crippen MR) is 119 cm³/mol. The van der Waals surface area contributed by atoms with E-state index in [9.17, 15) is 9.59 Å². The first-order valence-corrected chi connectivity index (χ1v) is 10.4. The summed E-state index contributed by atoms with van der Waals surface area (Å²) >= 11 is 0. The van der Waals surface area contributed by atoms with Crippen LogP contribution in [0.25, 0.3) is 11.1 Å². The lowest BCUT2D eigenvalue weighted by Crippen LogP contribution is -2.48. The van der Waals surface area contributed by atoms with Gasteiger partial charge in [-0.15, -0.1) is 0 Å². The van der Waals surface area contributed by atoms with Crippen molar-refractivity contribution in [2.24, 2.45) is 0 Å². The second-order valence-electron chi connectivity index (χ2n) is 7.42. The molecule has 1 aromatic heterocycles. The molecule has 2 amide bonds. The molecule has 1 aliphatic heterocycles. The number of benzene rings is 2. The average molecular weight is 432 g/mol. The van der Waals surface area contributed by atoms with Crippen molar-refractivity contribution < 1.29 is 19.4 Å². The largest absolute Gasteiger partial charge is 0.388 e. The number of hydrogen-bond donors (Lipinski definition) is 1. The summed E-state index contributed by atoms with van der Waals surface area (Å²) in [4.78, 5) is 36.8. The highest BCUT2D eigenvalue weighted by Crippen LogP contribution is 2.26. The van der Waals surface area contributed by atoms with E-state index in [1.165, 1.54) is 6.33 Å². The average Bonchev–Trinajstić information content (AvgIpc) is 2.88. The number of carbonyl (C=O) groups is 2.